The first-order chi connectivity index (χ1) is 7.28. The Kier molecular flexibility index (Phi) is 3.31. The zero-order valence-corrected chi connectivity index (χ0v) is 9.76. The Morgan fingerprint density at radius 1 is 1.20 bits per heavy atom. The molecule has 1 N–H and O–H groups in total. The molecule has 0 aromatic heterocycles. The number of nitrogens with one attached hydrogen (secondary N) is 1. The van der Waals surface area contributed by atoms with Gasteiger partial charge in [-0.05, 0) is 56.9 Å². The van der Waals surface area contributed by atoms with E-state index >= 15 is 0 Å². The van der Waals surface area contributed by atoms with Gasteiger partial charge in [-0.15, -0.1) is 0 Å². The fourth-order valence-electron chi connectivity index (χ4n) is 2.57. The maximum Gasteiger partial charge on any atom is 0.106 e. The Bertz CT molecular complexity index is 242. The van der Waals surface area contributed by atoms with Crippen LogP contribution in [0, 0.1) is 23.2 Å². The van der Waals surface area contributed by atoms with Gasteiger partial charge in [-0.2, -0.15) is 5.26 Å². The number of nitriles is 1. The molecule has 0 atom stereocenters. The van der Waals surface area contributed by atoms with Crippen molar-refractivity contribution in [3.05, 3.63) is 0 Å². The largest absolute Gasteiger partial charge is 0.299 e. The first kappa shape index (κ1) is 11.0. The van der Waals surface area contributed by atoms with Crippen molar-refractivity contribution in [1.82, 2.24) is 5.32 Å². The molecule has 0 saturated heterocycles. The van der Waals surface area contributed by atoms with Gasteiger partial charge >= 0.3 is 0 Å². The second kappa shape index (κ2) is 4.53. The number of rotatable bonds is 4. The lowest BCUT2D eigenvalue weighted by Crippen LogP contribution is -2.47. The van der Waals surface area contributed by atoms with Crippen LogP contribution in [-0.2, 0) is 0 Å². The molecule has 0 aromatic rings. The average molecular weight is 206 g/mol. The summed E-state index contributed by atoms with van der Waals surface area (Å²) in [5.74, 6) is 1.74. The van der Waals surface area contributed by atoms with E-state index in [1.165, 1.54) is 32.1 Å². The van der Waals surface area contributed by atoms with E-state index in [2.05, 4.69) is 18.3 Å². The minimum absolute atomic E-state index is 0.172. The summed E-state index contributed by atoms with van der Waals surface area (Å²) in [6, 6.07) is 2.53. The molecule has 2 saturated carbocycles. The van der Waals surface area contributed by atoms with E-state index in [0.717, 1.165) is 31.2 Å². The van der Waals surface area contributed by atoms with Crippen molar-refractivity contribution in [3.8, 4) is 6.07 Å². The predicted octanol–water partition coefficient (Wildman–Crippen LogP) is 2.85. The highest BCUT2D eigenvalue weighted by molar-refractivity contribution is 5.09. The first-order valence-electron chi connectivity index (χ1n) is 6.44. The molecule has 84 valence electrons. The second-order valence-electron chi connectivity index (χ2n) is 5.37. The quantitative estimate of drug-likeness (QED) is 0.767. The van der Waals surface area contributed by atoms with Crippen LogP contribution in [0.25, 0.3) is 0 Å². The van der Waals surface area contributed by atoms with Gasteiger partial charge in [0, 0.05) is 0 Å². The summed E-state index contributed by atoms with van der Waals surface area (Å²) in [5, 5.41) is 12.9. The summed E-state index contributed by atoms with van der Waals surface area (Å²) in [4.78, 5) is 0. The molecule has 0 aliphatic heterocycles. The van der Waals surface area contributed by atoms with E-state index in [0.29, 0.717) is 0 Å². The van der Waals surface area contributed by atoms with Crippen LogP contribution in [0.3, 0.4) is 0 Å². The normalized spacial score (nSPS) is 36.1. The van der Waals surface area contributed by atoms with Gasteiger partial charge in [-0.3, -0.25) is 5.32 Å². The molecule has 0 spiro atoms. The van der Waals surface area contributed by atoms with E-state index in [9.17, 15) is 5.26 Å². The second-order valence-corrected chi connectivity index (χ2v) is 5.37. The third-order valence-corrected chi connectivity index (χ3v) is 4.18. The smallest absolute Gasteiger partial charge is 0.106 e. The van der Waals surface area contributed by atoms with Gasteiger partial charge in [0.15, 0.2) is 0 Å². The van der Waals surface area contributed by atoms with E-state index in [1.54, 1.807) is 0 Å². The Morgan fingerprint density at radius 3 is 2.33 bits per heavy atom. The van der Waals surface area contributed by atoms with Crippen LogP contribution in [0.1, 0.15) is 51.9 Å². The zero-order valence-electron chi connectivity index (χ0n) is 9.76. The highest BCUT2D eigenvalue weighted by Crippen LogP contribution is 2.35. The molecule has 0 amide bonds. The van der Waals surface area contributed by atoms with Gasteiger partial charge in [0.1, 0.15) is 5.54 Å². The molecule has 2 aliphatic carbocycles. The Labute approximate surface area is 93.0 Å². The fourth-order valence-corrected chi connectivity index (χ4v) is 2.57. The van der Waals surface area contributed by atoms with Crippen molar-refractivity contribution in [1.29, 1.82) is 5.26 Å². The average Bonchev–Trinajstić information content (AvgIpc) is 3.11. The van der Waals surface area contributed by atoms with Crippen molar-refractivity contribution in [2.24, 2.45) is 11.8 Å². The summed E-state index contributed by atoms with van der Waals surface area (Å²) in [7, 11) is 0. The summed E-state index contributed by atoms with van der Waals surface area (Å²) >= 11 is 0. The topological polar surface area (TPSA) is 35.8 Å². The van der Waals surface area contributed by atoms with Crippen LogP contribution in [0.4, 0.5) is 0 Å². The number of nitrogens with zero attached hydrogens (tertiary/aromatic N) is 1. The van der Waals surface area contributed by atoms with Crippen molar-refractivity contribution < 1.29 is 0 Å². The predicted molar refractivity (Wildman–Crippen MR) is 61.3 cm³/mol. The Morgan fingerprint density at radius 2 is 1.87 bits per heavy atom. The molecule has 2 rings (SSSR count). The molecule has 2 fully saturated rings. The molecule has 15 heavy (non-hydrogen) atoms. The van der Waals surface area contributed by atoms with Crippen molar-refractivity contribution in [3.63, 3.8) is 0 Å². The molecule has 0 aromatic carbocycles. The Hall–Kier alpha value is -0.550. The molecule has 0 heterocycles. The van der Waals surface area contributed by atoms with E-state index in [1.807, 2.05) is 0 Å². The lowest BCUT2D eigenvalue weighted by atomic mass is 9.76. The third-order valence-electron chi connectivity index (χ3n) is 4.18. The number of hydrogen-bond acceptors (Lipinski definition) is 2. The maximum absolute atomic E-state index is 9.32. The SMILES string of the molecule is CCC1CCC(C#N)(NCC2CC2)CC1. The molecule has 2 heteroatoms. The van der Waals surface area contributed by atoms with Gasteiger partial charge in [0.2, 0.25) is 0 Å². The first-order valence-corrected chi connectivity index (χ1v) is 6.44. The van der Waals surface area contributed by atoms with Crippen molar-refractivity contribution >= 4 is 0 Å². The Balaban J connectivity index is 1.83. The van der Waals surface area contributed by atoms with Crippen LogP contribution < -0.4 is 5.32 Å². The van der Waals surface area contributed by atoms with Gasteiger partial charge in [0.05, 0.1) is 6.07 Å². The van der Waals surface area contributed by atoms with E-state index in [-0.39, 0.29) is 5.54 Å². The molecule has 0 bridgehead atoms. The van der Waals surface area contributed by atoms with Crippen LogP contribution in [0.5, 0.6) is 0 Å². The zero-order chi connectivity index (χ0) is 10.7. The van der Waals surface area contributed by atoms with Gasteiger partial charge in [-0.1, -0.05) is 13.3 Å². The monoisotopic (exact) mass is 206 g/mol. The molecular weight excluding hydrogens is 184 g/mol. The van der Waals surface area contributed by atoms with Crippen LogP contribution in [-0.4, -0.2) is 12.1 Å². The van der Waals surface area contributed by atoms with Crippen LogP contribution in [0.15, 0.2) is 0 Å². The summed E-state index contributed by atoms with van der Waals surface area (Å²) in [6.45, 7) is 3.34. The molecule has 0 radical (unpaired) electrons. The third kappa shape index (κ3) is 2.72. The minimum Gasteiger partial charge on any atom is -0.299 e. The highest BCUT2D eigenvalue weighted by Gasteiger charge is 2.36. The molecule has 0 unspecified atom stereocenters. The van der Waals surface area contributed by atoms with Crippen LogP contribution >= 0.6 is 0 Å². The lowest BCUT2D eigenvalue weighted by Gasteiger charge is -2.35. The maximum atomic E-state index is 9.32. The van der Waals surface area contributed by atoms with Gasteiger partial charge in [-0.25, -0.2) is 0 Å². The van der Waals surface area contributed by atoms with Crippen molar-refractivity contribution in [2.75, 3.05) is 6.54 Å². The fraction of sp³-hybridized carbons (Fsp3) is 0.923. The van der Waals surface area contributed by atoms with Gasteiger partial charge in [0.25, 0.3) is 0 Å². The summed E-state index contributed by atoms with van der Waals surface area (Å²) in [6.07, 6.45) is 8.62. The molecule has 2 aliphatic rings. The lowest BCUT2D eigenvalue weighted by molar-refractivity contribution is 0.232. The minimum atomic E-state index is -0.172. The van der Waals surface area contributed by atoms with Gasteiger partial charge < -0.3 is 0 Å². The summed E-state index contributed by atoms with van der Waals surface area (Å²) in [5.41, 5.74) is -0.172. The number of hydrogen-bond donors (Lipinski definition) is 1. The van der Waals surface area contributed by atoms with E-state index in [4.69, 9.17) is 0 Å². The molecule has 2 nitrogen and oxygen atoms in total. The standard InChI is InChI=1S/C13H22N2/c1-2-11-5-7-13(10-14,8-6-11)15-9-12-3-4-12/h11-12,15H,2-9H2,1H3. The highest BCUT2D eigenvalue weighted by atomic mass is 15.0. The summed E-state index contributed by atoms with van der Waals surface area (Å²) < 4.78 is 0. The van der Waals surface area contributed by atoms with E-state index < -0.39 is 0 Å². The van der Waals surface area contributed by atoms with Crippen LogP contribution in [0.2, 0.25) is 0 Å². The van der Waals surface area contributed by atoms with Crippen molar-refractivity contribution in [2.45, 2.75) is 57.4 Å². The molecular formula is C13H22N2.